The molecule has 0 aliphatic carbocycles. The van der Waals surface area contributed by atoms with Crippen LogP contribution in [0.15, 0.2) is 12.4 Å². The highest BCUT2D eigenvalue weighted by Gasteiger charge is 2.27. The van der Waals surface area contributed by atoms with Crippen molar-refractivity contribution in [2.24, 2.45) is 5.73 Å². The summed E-state index contributed by atoms with van der Waals surface area (Å²) in [5, 5.41) is 3.85. The van der Waals surface area contributed by atoms with Crippen molar-refractivity contribution >= 4 is 0 Å². The van der Waals surface area contributed by atoms with Gasteiger partial charge in [0.05, 0.1) is 12.7 Å². The van der Waals surface area contributed by atoms with Gasteiger partial charge in [-0.25, -0.2) is 8.78 Å². The number of alkyl halides is 2. The van der Waals surface area contributed by atoms with Crippen molar-refractivity contribution in [3.63, 3.8) is 0 Å². The molecule has 1 rings (SSSR count). The molecule has 0 aromatic carbocycles. The van der Waals surface area contributed by atoms with Crippen molar-refractivity contribution in [1.29, 1.82) is 0 Å². The van der Waals surface area contributed by atoms with Gasteiger partial charge in [-0.15, -0.1) is 0 Å². The Bertz CT molecular complexity index is 294. The molecular weight excluding hydrogens is 188 g/mol. The second kappa shape index (κ2) is 4.04. The predicted octanol–water partition coefficient (Wildman–Crippen LogP) is 1.60. The summed E-state index contributed by atoms with van der Waals surface area (Å²) in [6.45, 7) is 2.88. The summed E-state index contributed by atoms with van der Waals surface area (Å²) in [6.07, 6.45) is 3.24. The lowest BCUT2D eigenvalue weighted by atomic mass is 10.1. The Labute approximate surface area is 81.9 Å². The molecule has 0 radical (unpaired) electrons. The van der Waals surface area contributed by atoms with Crippen LogP contribution in [0.1, 0.15) is 25.3 Å². The number of hydrogen-bond donors (Lipinski definition) is 1. The summed E-state index contributed by atoms with van der Waals surface area (Å²) in [5.41, 5.74) is 5.89. The Hall–Kier alpha value is -0.970. The van der Waals surface area contributed by atoms with E-state index >= 15 is 0 Å². The second-order valence-electron chi connectivity index (χ2n) is 3.69. The molecule has 0 aliphatic rings. The standard InChI is InChI=1S/C9H15F2N3/c1-7(2)8-3-13-14(4-8)6-9(10,11)5-12/h3-4,7H,5-6,12H2,1-2H3. The predicted molar refractivity (Wildman–Crippen MR) is 50.3 cm³/mol. The first-order chi connectivity index (χ1) is 6.44. The minimum atomic E-state index is -2.87. The van der Waals surface area contributed by atoms with Gasteiger partial charge in [0, 0.05) is 6.20 Å². The molecule has 0 atom stereocenters. The highest BCUT2D eigenvalue weighted by Crippen LogP contribution is 2.17. The van der Waals surface area contributed by atoms with E-state index in [0.29, 0.717) is 5.92 Å². The minimum absolute atomic E-state index is 0.301. The van der Waals surface area contributed by atoms with Crippen LogP contribution in [-0.4, -0.2) is 22.2 Å². The second-order valence-corrected chi connectivity index (χ2v) is 3.69. The van der Waals surface area contributed by atoms with Gasteiger partial charge in [0.25, 0.3) is 5.92 Å². The van der Waals surface area contributed by atoms with E-state index in [4.69, 9.17) is 5.73 Å². The van der Waals surface area contributed by atoms with Crippen LogP contribution in [0.3, 0.4) is 0 Å². The summed E-state index contributed by atoms with van der Waals surface area (Å²) in [6, 6.07) is 0. The molecule has 1 aromatic heterocycles. The maximum Gasteiger partial charge on any atom is 0.279 e. The van der Waals surface area contributed by atoms with Crippen molar-refractivity contribution in [2.75, 3.05) is 6.54 Å². The molecule has 14 heavy (non-hydrogen) atoms. The third kappa shape index (κ3) is 2.77. The third-order valence-electron chi connectivity index (χ3n) is 2.01. The first-order valence-electron chi connectivity index (χ1n) is 4.55. The fraction of sp³-hybridized carbons (Fsp3) is 0.667. The molecule has 0 saturated carbocycles. The first kappa shape index (κ1) is 11.1. The van der Waals surface area contributed by atoms with E-state index in [-0.39, 0.29) is 0 Å². The average Bonchev–Trinajstić information content (AvgIpc) is 2.52. The average molecular weight is 203 g/mol. The quantitative estimate of drug-likeness (QED) is 0.807. The largest absolute Gasteiger partial charge is 0.325 e. The highest BCUT2D eigenvalue weighted by atomic mass is 19.3. The van der Waals surface area contributed by atoms with Crippen LogP contribution < -0.4 is 5.73 Å². The number of nitrogens with zero attached hydrogens (tertiary/aromatic N) is 2. The van der Waals surface area contributed by atoms with Gasteiger partial charge in [-0.3, -0.25) is 4.68 Å². The molecule has 0 bridgehead atoms. The molecule has 0 unspecified atom stereocenters. The maximum absolute atomic E-state index is 12.9. The summed E-state index contributed by atoms with van der Waals surface area (Å²) in [4.78, 5) is 0. The van der Waals surface area contributed by atoms with Crippen LogP contribution in [0.2, 0.25) is 0 Å². The van der Waals surface area contributed by atoms with Crippen LogP contribution in [0.25, 0.3) is 0 Å². The third-order valence-corrected chi connectivity index (χ3v) is 2.01. The van der Waals surface area contributed by atoms with E-state index in [2.05, 4.69) is 5.10 Å². The molecular formula is C9H15F2N3. The van der Waals surface area contributed by atoms with Crippen LogP contribution in [0, 0.1) is 0 Å². The van der Waals surface area contributed by atoms with E-state index < -0.39 is 19.0 Å². The van der Waals surface area contributed by atoms with E-state index in [1.165, 1.54) is 4.68 Å². The van der Waals surface area contributed by atoms with E-state index in [0.717, 1.165) is 5.56 Å². The number of nitrogens with two attached hydrogens (primary N) is 1. The number of halogens is 2. The van der Waals surface area contributed by atoms with Crippen LogP contribution in [0.5, 0.6) is 0 Å². The van der Waals surface area contributed by atoms with E-state index in [1.807, 2.05) is 13.8 Å². The number of hydrogen-bond acceptors (Lipinski definition) is 2. The fourth-order valence-electron chi connectivity index (χ4n) is 1.07. The Balaban J connectivity index is 2.69. The topological polar surface area (TPSA) is 43.8 Å². The molecule has 0 saturated heterocycles. The summed E-state index contributed by atoms with van der Waals surface area (Å²) in [5.74, 6) is -2.57. The summed E-state index contributed by atoms with van der Waals surface area (Å²) in [7, 11) is 0. The monoisotopic (exact) mass is 203 g/mol. The summed E-state index contributed by atoms with van der Waals surface area (Å²) < 4.78 is 27.0. The van der Waals surface area contributed by atoms with Crippen molar-refractivity contribution in [1.82, 2.24) is 9.78 Å². The van der Waals surface area contributed by atoms with Crippen LogP contribution in [0.4, 0.5) is 8.78 Å². The number of aromatic nitrogens is 2. The molecule has 0 fully saturated rings. The van der Waals surface area contributed by atoms with E-state index in [1.54, 1.807) is 12.4 Å². The Morgan fingerprint density at radius 3 is 2.64 bits per heavy atom. The first-order valence-corrected chi connectivity index (χ1v) is 4.55. The molecule has 1 heterocycles. The van der Waals surface area contributed by atoms with Crippen molar-refractivity contribution in [3.05, 3.63) is 18.0 Å². The van der Waals surface area contributed by atoms with Crippen LogP contribution >= 0.6 is 0 Å². The van der Waals surface area contributed by atoms with Gasteiger partial charge in [-0.2, -0.15) is 5.10 Å². The molecule has 1 aromatic rings. The maximum atomic E-state index is 12.9. The lowest BCUT2D eigenvalue weighted by Gasteiger charge is -2.13. The molecule has 80 valence electrons. The van der Waals surface area contributed by atoms with Gasteiger partial charge in [-0.1, -0.05) is 13.8 Å². The Morgan fingerprint density at radius 2 is 2.21 bits per heavy atom. The molecule has 3 nitrogen and oxygen atoms in total. The zero-order valence-electron chi connectivity index (χ0n) is 8.37. The Morgan fingerprint density at radius 1 is 1.57 bits per heavy atom. The summed E-state index contributed by atoms with van der Waals surface area (Å²) >= 11 is 0. The SMILES string of the molecule is CC(C)c1cnn(CC(F)(F)CN)c1. The minimum Gasteiger partial charge on any atom is -0.325 e. The van der Waals surface area contributed by atoms with Gasteiger partial charge in [0.15, 0.2) is 0 Å². The number of rotatable bonds is 4. The fourth-order valence-corrected chi connectivity index (χ4v) is 1.07. The van der Waals surface area contributed by atoms with Crippen molar-refractivity contribution in [3.8, 4) is 0 Å². The van der Waals surface area contributed by atoms with Crippen molar-refractivity contribution < 1.29 is 8.78 Å². The molecule has 0 aliphatic heterocycles. The smallest absolute Gasteiger partial charge is 0.279 e. The highest BCUT2D eigenvalue weighted by molar-refractivity contribution is 5.08. The van der Waals surface area contributed by atoms with Gasteiger partial charge in [-0.05, 0) is 11.5 Å². The van der Waals surface area contributed by atoms with Gasteiger partial charge < -0.3 is 5.73 Å². The van der Waals surface area contributed by atoms with Crippen LogP contribution in [-0.2, 0) is 6.54 Å². The van der Waals surface area contributed by atoms with Gasteiger partial charge in [0.2, 0.25) is 0 Å². The molecule has 2 N–H and O–H groups in total. The van der Waals surface area contributed by atoms with Gasteiger partial charge >= 0.3 is 0 Å². The Kier molecular flexibility index (Phi) is 3.21. The van der Waals surface area contributed by atoms with E-state index in [9.17, 15) is 8.78 Å². The molecule has 0 amide bonds. The zero-order chi connectivity index (χ0) is 10.8. The molecule has 5 heteroatoms. The normalized spacial score (nSPS) is 12.4. The zero-order valence-corrected chi connectivity index (χ0v) is 8.37. The van der Waals surface area contributed by atoms with Crippen molar-refractivity contribution in [2.45, 2.75) is 32.2 Å². The lowest BCUT2D eigenvalue weighted by Crippen LogP contribution is -2.32. The lowest BCUT2D eigenvalue weighted by molar-refractivity contribution is -0.00981. The molecule has 0 spiro atoms. The van der Waals surface area contributed by atoms with Gasteiger partial charge in [0.1, 0.15) is 6.54 Å².